The van der Waals surface area contributed by atoms with Crippen LogP contribution in [0.5, 0.6) is 0 Å². The van der Waals surface area contributed by atoms with E-state index in [2.05, 4.69) is 10.5 Å². The fraction of sp³-hybridized carbons (Fsp3) is 0.692. The number of aryl methyl sites for hydroxylation is 2. The van der Waals surface area contributed by atoms with Crippen LogP contribution in [0.25, 0.3) is 0 Å². The fourth-order valence-corrected chi connectivity index (χ4v) is 2.02. The van der Waals surface area contributed by atoms with Crippen LogP contribution in [0.1, 0.15) is 43.7 Å². The molecule has 0 unspecified atom stereocenters. The Morgan fingerprint density at radius 3 is 2.39 bits per heavy atom. The van der Waals surface area contributed by atoms with Gasteiger partial charge < -0.3 is 15.6 Å². The lowest BCUT2D eigenvalue weighted by molar-refractivity contribution is -0.122. The largest absolute Gasteiger partial charge is 0.361 e. The molecule has 0 atom stereocenters. The Balaban J connectivity index is 2.72. The van der Waals surface area contributed by atoms with Crippen LogP contribution in [0.3, 0.4) is 0 Å². The van der Waals surface area contributed by atoms with Crippen LogP contribution in [-0.4, -0.2) is 23.1 Å². The van der Waals surface area contributed by atoms with Crippen molar-refractivity contribution in [2.75, 3.05) is 6.54 Å². The second kappa shape index (κ2) is 6.00. The zero-order valence-corrected chi connectivity index (χ0v) is 11.7. The average Bonchev–Trinajstić information content (AvgIpc) is 2.68. The third kappa shape index (κ3) is 3.10. The first-order valence-corrected chi connectivity index (χ1v) is 6.40. The molecule has 0 bridgehead atoms. The number of nitrogens with zero attached hydrogens (tertiary/aromatic N) is 1. The predicted octanol–water partition coefficient (Wildman–Crippen LogP) is 1.47. The Hall–Kier alpha value is -1.36. The molecule has 0 radical (unpaired) electrons. The number of aromatic nitrogens is 1. The van der Waals surface area contributed by atoms with Crippen LogP contribution in [-0.2, 0) is 11.2 Å². The smallest absolute Gasteiger partial charge is 0.225 e. The van der Waals surface area contributed by atoms with E-state index in [1.54, 1.807) is 0 Å². The summed E-state index contributed by atoms with van der Waals surface area (Å²) in [5.41, 5.74) is 7.11. The lowest BCUT2D eigenvalue weighted by Crippen LogP contribution is -2.53. The van der Waals surface area contributed by atoms with Crippen molar-refractivity contribution in [2.45, 2.75) is 52.5 Å². The van der Waals surface area contributed by atoms with Crippen molar-refractivity contribution < 1.29 is 9.32 Å². The number of nitrogens with two attached hydrogens (primary N) is 1. The zero-order valence-electron chi connectivity index (χ0n) is 11.7. The first-order valence-electron chi connectivity index (χ1n) is 6.40. The van der Waals surface area contributed by atoms with Crippen LogP contribution in [0, 0.1) is 13.8 Å². The molecule has 0 saturated carbocycles. The molecule has 1 aromatic rings. The Morgan fingerprint density at radius 1 is 1.39 bits per heavy atom. The van der Waals surface area contributed by atoms with Gasteiger partial charge in [0, 0.05) is 12.1 Å². The highest BCUT2D eigenvalue weighted by Gasteiger charge is 2.27. The highest BCUT2D eigenvalue weighted by molar-refractivity contribution is 5.79. The minimum atomic E-state index is -0.296. The van der Waals surface area contributed by atoms with Gasteiger partial charge in [0.25, 0.3) is 0 Å². The van der Waals surface area contributed by atoms with E-state index in [0.29, 0.717) is 18.7 Å². The Kier molecular flexibility index (Phi) is 4.90. The van der Waals surface area contributed by atoms with Gasteiger partial charge in [0.15, 0.2) is 0 Å². The molecule has 1 aromatic heterocycles. The van der Waals surface area contributed by atoms with Crippen LogP contribution in [0.4, 0.5) is 0 Å². The fourth-order valence-electron chi connectivity index (χ4n) is 2.02. The van der Waals surface area contributed by atoms with Crippen molar-refractivity contribution in [3.8, 4) is 0 Å². The minimum absolute atomic E-state index is 0.0291. The quantitative estimate of drug-likeness (QED) is 0.804. The number of amides is 1. The maximum absolute atomic E-state index is 12.1. The molecule has 0 aliphatic rings. The Labute approximate surface area is 108 Å². The molecule has 5 nitrogen and oxygen atoms in total. The van der Waals surface area contributed by atoms with Crippen molar-refractivity contribution in [2.24, 2.45) is 5.73 Å². The third-order valence-corrected chi connectivity index (χ3v) is 3.67. The Bertz CT molecular complexity index is 381. The first kappa shape index (κ1) is 14.7. The maximum Gasteiger partial charge on any atom is 0.225 e. The molecular formula is C13H23N3O2. The summed E-state index contributed by atoms with van der Waals surface area (Å²) in [6.45, 7) is 8.18. The molecule has 0 aliphatic carbocycles. The van der Waals surface area contributed by atoms with Crippen molar-refractivity contribution in [1.82, 2.24) is 10.5 Å². The van der Waals surface area contributed by atoms with Gasteiger partial charge in [-0.1, -0.05) is 19.0 Å². The summed E-state index contributed by atoms with van der Waals surface area (Å²) in [4.78, 5) is 12.1. The van der Waals surface area contributed by atoms with Gasteiger partial charge >= 0.3 is 0 Å². The molecule has 1 rings (SSSR count). The molecule has 102 valence electrons. The Morgan fingerprint density at radius 2 is 2.00 bits per heavy atom. The lowest BCUT2D eigenvalue weighted by atomic mass is 9.92. The summed E-state index contributed by atoms with van der Waals surface area (Å²) in [5, 5.41) is 6.89. The number of hydrogen-bond acceptors (Lipinski definition) is 4. The summed E-state index contributed by atoms with van der Waals surface area (Å²) in [6.07, 6.45) is 1.95. The first-order chi connectivity index (χ1) is 8.48. The van der Waals surface area contributed by atoms with E-state index < -0.39 is 0 Å². The molecule has 3 N–H and O–H groups in total. The predicted molar refractivity (Wildman–Crippen MR) is 70.2 cm³/mol. The number of nitrogens with one attached hydrogen (secondary N) is 1. The van der Waals surface area contributed by atoms with Crippen molar-refractivity contribution in [1.29, 1.82) is 0 Å². The van der Waals surface area contributed by atoms with E-state index >= 15 is 0 Å². The van der Waals surface area contributed by atoms with Crippen LogP contribution in [0.2, 0.25) is 0 Å². The summed E-state index contributed by atoms with van der Waals surface area (Å²) in [5.74, 6) is 0.674. The van der Waals surface area contributed by atoms with E-state index in [1.165, 1.54) is 0 Å². The van der Waals surface area contributed by atoms with E-state index in [0.717, 1.165) is 24.1 Å². The van der Waals surface area contributed by atoms with Gasteiger partial charge in [-0.15, -0.1) is 0 Å². The van der Waals surface area contributed by atoms with Gasteiger partial charge in [0.1, 0.15) is 5.76 Å². The van der Waals surface area contributed by atoms with Gasteiger partial charge in [-0.2, -0.15) is 0 Å². The summed E-state index contributed by atoms with van der Waals surface area (Å²) >= 11 is 0. The number of hydrogen-bond donors (Lipinski definition) is 2. The van der Waals surface area contributed by atoms with Crippen LogP contribution < -0.4 is 11.1 Å². The van der Waals surface area contributed by atoms with E-state index in [4.69, 9.17) is 10.3 Å². The zero-order chi connectivity index (χ0) is 13.8. The molecule has 0 spiro atoms. The summed E-state index contributed by atoms with van der Waals surface area (Å²) in [6, 6.07) is 0. The van der Waals surface area contributed by atoms with Crippen molar-refractivity contribution >= 4 is 5.91 Å². The lowest BCUT2D eigenvalue weighted by Gasteiger charge is -2.31. The van der Waals surface area contributed by atoms with Gasteiger partial charge in [0.05, 0.1) is 17.7 Å². The van der Waals surface area contributed by atoms with E-state index in [1.807, 2.05) is 27.7 Å². The van der Waals surface area contributed by atoms with Crippen LogP contribution in [0.15, 0.2) is 4.52 Å². The minimum Gasteiger partial charge on any atom is -0.361 e. The molecule has 18 heavy (non-hydrogen) atoms. The molecule has 0 aliphatic heterocycles. The van der Waals surface area contributed by atoms with E-state index in [9.17, 15) is 4.79 Å². The van der Waals surface area contributed by atoms with Gasteiger partial charge in [-0.05, 0) is 26.7 Å². The highest BCUT2D eigenvalue weighted by Crippen LogP contribution is 2.16. The molecule has 1 amide bonds. The molecule has 5 heteroatoms. The molecule has 0 fully saturated rings. The second-order valence-electron chi connectivity index (χ2n) is 4.72. The average molecular weight is 253 g/mol. The molecule has 0 aromatic carbocycles. The standard InChI is InChI=1S/C13H23N3O2/c1-5-13(6-2,8-14)15-12(17)7-11-9(3)16-18-10(11)4/h5-8,14H2,1-4H3,(H,15,17). The van der Waals surface area contributed by atoms with Gasteiger partial charge in [-0.25, -0.2) is 0 Å². The molecule has 1 heterocycles. The highest BCUT2D eigenvalue weighted by atomic mass is 16.5. The maximum atomic E-state index is 12.1. The number of carbonyl (C=O) groups is 1. The van der Waals surface area contributed by atoms with Crippen molar-refractivity contribution in [3.63, 3.8) is 0 Å². The molecular weight excluding hydrogens is 230 g/mol. The normalized spacial score (nSPS) is 11.6. The molecule has 0 saturated heterocycles. The SMILES string of the molecule is CCC(CC)(CN)NC(=O)Cc1c(C)noc1C. The third-order valence-electron chi connectivity index (χ3n) is 3.67. The topological polar surface area (TPSA) is 81.1 Å². The van der Waals surface area contributed by atoms with Gasteiger partial charge in [-0.3, -0.25) is 4.79 Å². The van der Waals surface area contributed by atoms with Crippen LogP contribution >= 0.6 is 0 Å². The number of rotatable bonds is 6. The monoisotopic (exact) mass is 253 g/mol. The summed E-state index contributed by atoms with van der Waals surface area (Å²) in [7, 11) is 0. The van der Waals surface area contributed by atoms with Crippen molar-refractivity contribution in [3.05, 3.63) is 17.0 Å². The second-order valence-corrected chi connectivity index (χ2v) is 4.72. The number of carbonyl (C=O) groups excluding carboxylic acids is 1. The van der Waals surface area contributed by atoms with E-state index in [-0.39, 0.29) is 11.4 Å². The summed E-state index contributed by atoms with van der Waals surface area (Å²) < 4.78 is 5.05. The van der Waals surface area contributed by atoms with Gasteiger partial charge in [0.2, 0.25) is 5.91 Å².